The van der Waals surface area contributed by atoms with Crippen molar-refractivity contribution in [1.82, 2.24) is 5.01 Å². The van der Waals surface area contributed by atoms with Crippen LogP contribution in [0, 0.1) is 5.92 Å². The Hall–Kier alpha value is -1.31. The predicted molar refractivity (Wildman–Crippen MR) is 66.4 cm³/mol. The average Bonchev–Trinajstić information content (AvgIpc) is 2.26. The fourth-order valence-electron chi connectivity index (χ4n) is 1.45. The van der Waals surface area contributed by atoms with Crippen LogP contribution in [0.3, 0.4) is 0 Å². The van der Waals surface area contributed by atoms with Gasteiger partial charge in [-0.25, -0.2) is 5.01 Å². The van der Waals surface area contributed by atoms with Gasteiger partial charge < -0.3 is 0 Å². The van der Waals surface area contributed by atoms with Crippen LogP contribution in [0.5, 0.6) is 0 Å². The number of rotatable bonds is 4. The van der Waals surface area contributed by atoms with Gasteiger partial charge in [-0.15, -0.1) is 0 Å². The van der Waals surface area contributed by atoms with E-state index < -0.39 is 0 Å². The van der Waals surface area contributed by atoms with E-state index in [4.69, 9.17) is 0 Å². The maximum absolute atomic E-state index is 4.32. The van der Waals surface area contributed by atoms with Crippen LogP contribution in [-0.2, 0) is 0 Å². The summed E-state index contributed by atoms with van der Waals surface area (Å²) < 4.78 is 0. The van der Waals surface area contributed by atoms with Gasteiger partial charge in [0.1, 0.15) is 0 Å². The lowest BCUT2D eigenvalue weighted by atomic mass is 10.1. The number of nitrogens with zero attached hydrogens (tertiary/aromatic N) is 2. The molecule has 0 fully saturated rings. The van der Waals surface area contributed by atoms with Gasteiger partial charge in [-0.1, -0.05) is 39.8 Å². The van der Waals surface area contributed by atoms with Crippen LogP contribution in [0.2, 0.25) is 0 Å². The topological polar surface area (TPSA) is 15.6 Å². The van der Waals surface area contributed by atoms with E-state index in [1.165, 1.54) is 5.70 Å². The molecule has 0 saturated carbocycles. The van der Waals surface area contributed by atoms with Gasteiger partial charge in [0.05, 0.1) is 5.70 Å². The fraction of sp³-hybridized carbons (Fsp3) is 0.462. The first kappa shape index (κ1) is 11.8. The summed E-state index contributed by atoms with van der Waals surface area (Å²) in [7, 11) is 0. The first-order chi connectivity index (χ1) is 7.19. The van der Waals surface area contributed by atoms with Crippen molar-refractivity contribution in [2.45, 2.75) is 33.6 Å². The SMILES string of the molecule is C=C1C=CC=NN1C(=CC(C)CC)CC. The van der Waals surface area contributed by atoms with Crippen LogP contribution in [0.25, 0.3) is 0 Å². The van der Waals surface area contributed by atoms with Crippen molar-refractivity contribution in [2.75, 3.05) is 0 Å². The third kappa shape index (κ3) is 3.08. The van der Waals surface area contributed by atoms with Gasteiger partial charge in [0, 0.05) is 11.9 Å². The quantitative estimate of drug-likeness (QED) is 0.681. The molecule has 0 aromatic heterocycles. The molecule has 82 valence electrons. The van der Waals surface area contributed by atoms with Crippen molar-refractivity contribution >= 4 is 6.21 Å². The summed E-state index contributed by atoms with van der Waals surface area (Å²) in [5, 5.41) is 6.25. The maximum Gasteiger partial charge on any atom is 0.0577 e. The minimum Gasteiger partial charge on any atom is -0.239 e. The molecule has 2 heteroatoms. The number of hydrazone groups is 1. The van der Waals surface area contributed by atoms with Gasteiger partial charge >= 0.3 is 0 Å². The van der Waals surface area contributed by atoms with Crippen LogP contribution in [0.4, 0.5) is 0 Å². The van der Waals surface area contributed by atoms with Crippen molar-refractivity contribution in [3.8, 4) is 0 Å². The van der Waals surface area contributed by atoms with E-state index in [1.54, 1.807) is 6.21 Å². The summed E-state index contributed by atoms with van der Waals surface area (Å²) >= 11 is 0. The van der Waals surface area contributed by atoms with E-state index in [0.29, 0.717) is 5.92 Å². The van der Waals surface area contributed by atoms with Gasteiger partial charge in [-0.3, -0.25) is 0 Å². The summed E-state index contributed by atoms with van der Waals surface area (Å²) in [6.45, 7) is 10.6. The third-order valence-corrected chi connectivity index (χ3v) is 2.58. The Kier molecular flexibility index (Phi) is 4.35. The highest BCUT2D eigenvalue weighted by molar-refractivity contribution is 5.73. The summed E-state index contributed by atoms with van der Waals surface area (Å²) in [5.41, 5.74) is 2.17. The van der Waals surface area contributed by atoms with Crippen molar-refractivity contribution in [2.24, 2.45) is 11.0 Å². The normalized spacial score (nSPS) is 18.5. The Labute approximate surface area is 92.7 Å². The van der Waals surface area contributed by atoms with E-state index in [9.17, 15) is 0 Å². The zero-order chi connectivity index (χ0) is 11.3. The molecule has 1 atom stereocenters. The molecule has 15 heavy (non-hydrogen) atoms. The lowest BCUT2D eigenvalue weighted by Gasteiger charge is -2.24. The van der Waals surface area contributed by atoms with Crippen LogP contribution in [0.15, 0.2) is 41.3 Å². The second kappa shape index (κ2) is 5.54. The van der Waals surface area contributed by atoms with Crippen LogP contribution < -0.4 is 0 Å². The van der Waals surface area contributed by atoms with Crippen molar-refractivity contribution < 1.29 is 0 Å². The van der Waals surface area contributed by atoms with E-state index in [1.807, 2.05) is 17.2 Å². The zero-order valence-corrected chi connectivity index (χ0v) is 9.90. The van der Waals surface area contributed by atoms with Gasteiger partial charge in [0.25, 0.3) is 0 Å². The lowest BCUT2D eigenvalue weighted by Crippen LogP contribution is -2.17. The highest BCUT2D eigenvalue weighted by Gasteiger charge is 2.11. The van der Waals surface area contributed by atoms with Gasteiger partial charge in [-0.2, -0.15) is 5.10 Å². The molecule has 0 spiro atoms. The zero-order valence-electron chi connectivity index (χ0n) is 9.90. The second-order valence-corrected chi connectivity index (χ2v) is 3.82. The molecule has 1 aliphatic rings. The van der Waals surface area contributed by atoms with Crippen LogP contribution >= 0.6 is 0 Å². The van der Waals surface area contributed by atoms with Crippen molar-refractivity contribution in [3.05, 3.63) is 36.2 Å². The largest absolute Gasteiger partial charge is 0.239 e. The number of hydrogen-bond donors (Lipinski definition) is 0. The molecule has 1 aliphatic heterocycles. The lowest BCUT2D eigenvalue weighted by molar-refractivity contribution is 0.446. The van der Waals surface area contributed by atoms with Crippen molar-refractivity contribution in [1.29, 1.82) is 0 Å². The molecule has 0 aliphatic carbocycles. The minimum absolute atomic E-state index is 0.592. The molecule has 0 amide bonds. The molecule has 0 saturated heterocycles. The number of hydrogen-bond acceptors (Lipinski definition) is 2. The van der Waals surface area contributed by atoms with Crippen LogP contribution in [-0.4, -0.2) is 11.2 Å². The molecule has 0 aromatic rings. The second-order valence-electron chi connectivity index (χ2n) is 3.82. The Bertz CT molecular complexity index is 310. The van der Waals surface area contributed by atoms with Gasteiger partial charge in [0.15, 0.2) is 0 Å². The average molecular weight is 204 g/mol. The Morgan fingerprint density at radius 1 is 1.60 bits per heavy atom. The first-order valence-corrected chi connectivity index (χ1v) is 5.59. The van der Waals surface area contributed by atoms with E-state index in [2.05, 4.69) is 38.5 Å². The maximum atomic E-state index is 4.32. The molecule has 0 bridgehead atoms. The summed E-state index contributed by atoms with van der Waals surface area (Å²) in [6, 6.07) is 0. The first-order valence-electron chi connectivity index (χ1n) is 5.59. The molecule has 0 aromatic carbocycles. The molecule has 1 rings (SSSR count). The smallest absolute Gasteiger partial charge is 0.0577 e. The third-order valence-electron chi connectivity index (χ3n) is 2.58. The summed E-state index contributed by atoms with van der Waals surface area (Å²) in [4.78, 5) is 0. The van der Waals surface area contributed by atoms with Crippen LogP contribution in [0.1, 0.15) is 33.6 Å². The molecule has 1 heterocycles. The van der Waals surface area contributed by atoms with Gasteiger partial charge in [-0.05, 0) is 24.5 Å². The summed E-state index contributed by atoms with van der Waals surface area (Å²) in [5.74, 6) is 0.592. The number of allylic oxidation sites excluding steroid dienone is 4. The molecule has 2 nitrogen and oxygen atoms in total. The van der Waals surface area contributed by atoms with Gasteiger partial charge in [0.2, 0.25) is 0 Å². The molecular formula is C13H20N2. The Morgan fingerprint density at radius 3 is 2.87 bits per heavy atom. The highest BCUT2D eigenvalue weighted by atomic mass is 15.5. The minimum atomic E-state index is 0.592. The monoisotopic (exact) mass is 204 g/mol. The Balaban J connectivity index is 2.83. The molecule has 0 N–H and O–H groups in total. The fourth-order valence-corrected chi connectivity index (χ4v) is 1.45. The summed E-state index contributed by atoms with van der Waals surface area (Å²) in [6.07, 6.45) is 10.1. The molecular weight excluding hydrogens is 184 g/mol. The predicted octanol–water partition coefficient (Wildman–Crippen LogP) is 3.70. The van der Waals surface area contributed by atoms with E-state index >= 15 is 0 Å². The highest BCUT2D eigenvalue weighted by Crippen LogP contribution is 2.20. The molecule has 1 unspecified atom stereocenters. The van der Waals surface area contributed by atoms with E-state index in [0.717, 1.165) is 18.5 Å². The van der Waals surface area contributed by atoms with E-state index in [-0.39, 0.29) is 0 Å². The van der Waals surface area contributed by atoms with Crippen molar-refractivity contribution in [3.63, 3.8) is 0 Å². The Morgan fingerprint density at radius 2 is 2.33 bits per heavy atom. The molecule has 0 radical (unpaired) electrons. The standard InChI is InChI=1S/C13H20N2/c1-5-11(3)10-13(6-2)15-12(4)8-7-9-14-15/h7-11H,4-6H2,1-3H3.